The monoisotopic (exact) mass is 199 g/mol. The van der Waals surface area contributed by atoms with Crippen molar-refractivity contribution in [2.24, 2.45) is 0 Å². The summed E-state index contributed by atoms with van der Waals surface area (Å²) in [5, 5.41) is 0. The van der Waals surface area contributed by atoms with Crippen LogP contribution >= 0.6 is 7.29 Å². The molecule has 2 aliphatic heterocycles. The van der Waals surface area contributed by atoms with Crippen LogP contribution in [0.1, 0.15) is 6.92 Å². The van der Waals surface area contributed by atoms with Crippen molar-refractivity contribution in [3.05, 3.63) is 23.3 Å². The van der Waals surface area contributed by atoms with Gasteiger partial charge in [0.25, 0.3) is 0 Å². The first-order chi connectivity index (χ1) is 6.21. The number of hydrogen-bond acceptors (Lipinski definition) is 2. The van der Waals surface area contributed by atoms with Gasteiger partial charge in [0.2, 0.25) is 0 Å². The molecule has 0 aromatic heterocycles. The third kappa shape index (κ3) is 1.78. The molecule has 1 unspecified atom stereocenters. The second-order valence-corrected chi connectivity index (χ2v) is 5.89. The van der Waals surface area contributed by atoms with E-state index < -0.39 is 7.29 Å². The number of nitrogens with zero attached hydrogens (tertiary/aromatic N) is 1. The third-order valence-electron chi connectivity index (χ3n) is 2.37. The lowest BCUT2D eigenvalue weighted by atomic mass is 10.4. The smallest absolute Gasteiger partial charge is 0.193 e. The Kier molecular flexibility index (Phi) is 2.41. The highest BCUT2D eigenvalue weighted by Crippen LogP contribution is 2.56. The maximum atomic E-state index is 12.3. The summed E-state index contributed by atoms with van der Waals surface area (Å²) < 4.78 is 19.5. The molecule has 3 nitrogen and oxygen atoms in total. The van der Waals surface area contributed by atoms with Gasteiger partial charge in [0.15, 0.2) is 7.29 Å². The van der Waals surface area contributed by atoms with Crippen LogP contribution in [0.5, 0.6) is 0 Å². The van der Waals surface area contributed by atoms with Gasteiger partial charge in [0.05, 0.1) is 13.2 Å². The molecule has 0 saturated carbocycles. The molecular weight excluding hydrogens is 185 g/mol. The van der Waals surface area contributed by atoms with Gasteiger partial charge in [-0.2, -0.15) is 0 Å². The fourth-order valence-corrected chi connectivity index (χ4v) is 3.99. The molecule has 13 heavy (non-hydrogen) atoms. The summed E-state index contributed by atoms with van der Waals surface area (Å²) in [5.74, 6) is 3.73. The number of morpholine rings is 1. The summed E-state index contributed by atoms with van der Waals surface area (Å²) in [7, 11) is -2.29. The van der Waals surface area contributed by atoms with E-state index in [1.54, 1.807) is 0 Å². The summed E-state index contributed by atoms with van der Waals surface area (Å²) in [5.41, 5.74) is 1.11. The summed E-state index contributed by atoms with van der Waals surface area (Å²) in [6.45, 7) is 4.95. The normalized spacial score (nSPS) is 35.0. The molecule has 2 heterocycles. The third-order valence-corrected chi connectivity index (χ3v) is 5.01. The highest BCUT2D eigenvalue weighted by atomic mass is 31.2. The fourth-order valence-electron chi connectivity index (χ4n) is 1.64. The van der Waals surface area contributed by atoms with Crippen LogP contribution in [0, 0.1) is 0 Å². The minimum atomic E-state index is -2.29. The maximum absolute atomic E-state index is 12.3. The van der Waals surface area contributed by atoms with E-state index in [-0.39, 0.29) is 0 Å². The minimum Gasteiger partial charge on any atom is -0.379 e. The predicted molar refractivity (Wildman–Crippen MR) is 52.9 cm³/mol. The van der Waals surface area contributed by atoms with Crippen LogP contribution in [0.25, 0.3) is 0 Å². The van der Waals surface area contributed by atoms with Crippen LogP contribution in [0.3, 0.4) is 0 Å². The SMILES string of the molecule is CC1=CP(=O)(N2CCOCC2)C=C1. The second kappa shape index (κ2) is 3.41. The van der Waals surface area contributed by atoms with E-state index in [4.69, 9.17) is 4.74 Å². The molecular formula is C9H14NO2P. The molecule has 0 aliphatic carbocycles. The van der Waals surface area contributed by atoms with Crippen LogP contribution < -0.4 is 0 Å². The minimum absolute atomic E-state index is 0.699. The van der Waals surface area contributed by atoms with Crippen molar-refractivity contribution < 1.29 is 9.30 Å². The van der Waals surface area contributed by atoms with Crippen LogP contribution in [0.4, 0.5) is 0 Å². The lowest BCUT2D eigenvalue weighted by molar-refractivity contribution is 0.0731. The van der Waals surface area contributed by atoms with Crippen molar-refractivity contribution in [3.8, 4) is 0 Å². The summed E-state index contributed by atoms with van der Waals surface area (Å²) in [6, 6.07) is 0. The number of hydrogen-bond donors (Lipinski definition) is 0. The van der Waals surface area contributed by atoms with Gasteiger partial charge in [-0.1, -0.05) is 6.08 Å². The van der Waals surface area contributed by atoms with E-state index in [1.807, 2.05) is 29.3 Å². The van der Waals surface area contributed by atoms with E-state index in [0.717, 1.165) is 18.7 Å². The Morgan fingerprint density at radius 1 is 1.46 bits per heavy atom. The molecule has 0 amide bonds. The van der Waals surface area contributed by atoms with Crippen molar-refractivity contribution in [3.63, 3.8) is 0 Å². The standard InChI is InChI=1S/C9H14NO2P/c1-9-2-7-13(11,8-9)10-3-5-12-6-4-10/h2,7-8H,3-6H2,1H3. The first-order valence-corrected chi connectivity index (χ1v) is 6.32. The van der Waals surface area contributed by atoms with E-state index in [1.165, 1.54) is 0 Å². The molecule has 1 saturated heterocycles. The molecule has 1 atom stereocenters. The van der Waals surface area contributed by atoms with E-state index in [2.05, 4.69) is 0 Å². The highest BCUT2D eigenvalue weighted by molar-refractivity contribution is 7.68. The molecule has 2 aliphatic rings. The first-order valence-electron chi connectivity index (χ1n) is 4.52. The van der Waals surface area contributed by atoms with E-state index >= 15 is 0 Å². The molecule has 0 bridgehead atoms. The highest BCUT2D eigenvalue weighted by Gasteiger charge is 2.29. The molecule has 0 spiro atoms. The summed E-state index contributed by atoms with van der Waals surface area (Å²) in [6.07, 6.45) is 1.94. The predicted octanol–water partition coefficient (Wildman–Crippen LogP) is 2.03. The number of ether oxygens (including phenoxy) is 1. The molecule has 0 N–H and O–H groups in total. The van der Waals surface area contributed by atoms with Gasteiger partial charge in [0.1, 0.15) is 0 Å². The van der Waals surface area contributed by atoms with E-state index in [0.29, 0.717) is 13.2 Å². The van der Waals surface area contributed by atoms with Gasteiger partial charge < -0.3 is 4.74 Å². The molecule has 4 heteroatoms. The van der Waals surface area contributed by atoms with Crippen LogP contribution in [-0.2, 0) is 9.30 Å². The molecule has 0 radical (unpaired) electrons. The Bertz CT molecular complexity index is 303. The van der Waals surface area contributed by atoms with Gasteiger partial charge in [-0.3, -0.25) is 4.57 Å². The van der Waals surface area contributed by atoms with Crippen molar-refractivity contribution in [1.29, 1.82) is 0 Å². The Morgan fingerprint density at radius 2 is 2.15 bits per heavy atom. The average molecular weight is 199 g/mol. The number of rotatable bonds is 1. The molecule has 2 rings (SSSR count). The number of allylic oxidation sites excluding steroid dienone is 2. The van der Waals surface area contributed by atoms with Gasteiger partial charge in [-0.05, 0) is 24.1 Å². The zero-order chi connectivity index (χ0) is 9.31. The Labute approximate surface area is 78.5 Å². The molecule has 1 fully saturated rings. The van der Waals surface area contributed by atoms with Crippen LogP contribution in [-0.4, -0.2) is 31.0 Å². The first kappa shape index (κ1) is 9.20. The fraction of sp³-hybridized carbons (Fsp3) is 0.556. The van der Waals surface area contributed by atoms with Crippen LogP contribution in [0.15, 0.2) is 23.3 Å². The van der Waals surface area contributed by atoms with Crippen molar-refractivity contribution in [1.82, 2.24) is 4.67 Å². The zero-order valence-electron chi connectivity index (χ0n) is 7.77. The lowest BCUT2D eigenvalue weighted by Gasteiger charge is -2.29. The van der Waals surface area contributed by atoms with Crippen molar-refractivity contribution >= 4 is 7.29 Å². The zero-order valence-corrected chi connectivity index (χ0v) is 8.67. The summed E-state index contributed by atoms with van der Waals surface area (Å²) in [4.78, 5) is 0. The van der Waals surface area contributed by atoms with E-state index in [9.17, 15) is 4.57 Å². The van der Waals surface area contributed by atoms with Gasteiger partial charge in [-0.25, -0.2) is 4.67 Å². The molecule has 0 aromatic carbocycles. The van der Waals surface area contributed by atoms with Gasteiger partial charge in [-0.15, -0.1) is 0 Å². The van der Waals surface area contributed by atoms with Crippen molar-refractivity contribution in [2.45, 2.75) is 6.92 Å². The average Bonchev–Trinajstić information content (AvgIpc) is 2.49. The van der Waals surface area contributed by atoms with Crippen LogP contribution in [0.2, 0.25) is 0 Å². The quantitative estimate of drug-likeness (QED) is 0.605. The topological polar surface area (TPSA) is 29.5 Å². The molecule has 0 aromatic rings. The second-order valence-electron chi connectivity index (χ2n) is 3.43. The molecule has 72 valence electrons. The summed E-state index contributed by atoms with van der Waals surface area (Å²) >= 11 is 0. The van der Waals surface area contributed by atoms with Crippen molar-refractivity contribution in [2.75, 3.05) is 26.3 Å². The Hall–Kier alpha value is -0.370. The van der Waals surface area contributed by atoms with Gasteiger partial charge >= 0.3 is 0 Å². The Morgan fingerprint density at radius 3 is 2.69 bits per heavy atom. The maximum Gasteiger partial charge on any atom is 0.193 e. The largest absolute Gasteiger partial charge is 0.379 e. The Balaban J connectivity index is 2.16. The lowest BCUT2D eigenvalue weighted by Crippen LogP contribution is -2.32. The van der Waals surface area contributed by atoms with Gasteiger partial charge in [0, 0.05) is 13.1 Å².